The summed E-state index contributed by atoms with van der Waals surface area (Å²) in [5.41, 5.74) is 5.91. The Morgan fingerprint density at radius 2 is 2.22 bits per heavy atom. The molecule has 18 heavy (non-hydrogen) atoms. The van der Waals surface area contributed by atoms with Crippen LogP contribution in [0, 0.1) is 0 Å². The van der Waals surface area contributed by atoms with Crippen molar-refractivity contribution in [2.75, 3.05) is 5.73 Å². The number of rotatable bonds is 3. The fourth-order valence-electron chi connectivity index (χ4n) is 1.39. The predicted octanol–water partition coefficient (Wildman–Crippen LogP) is 1.70. The topological polar surface area (TPSA) is 70.1 Å². The molecule has 2 rings (SSSR count). The molecule has 0 saturated heterocycles. The maximum Gasteiger partial charge on any atom is 0.254 e. The quantitative estimate of drug-likeness (QED) is 0.937. The van der Waals surface area contributed by atoms with Crippen molar-refractivity contribution < 1.29 is 4.74 Å². The number of nitrogens with two attached hydrogens (primary N) is 1. The van der Waals surface area contributed by atoms with Gasteiger partial charge in [-0.2, -0.15) is 0 Å². The molecular formula is C12H12BrN3O2. The van der Waals surface area contributed by atoms with Crippen LogP contribution in [0.25, 0.3) is 0 Å². The highest BCUT2D eigenvalue weighted by Crippen LogP contribution is 2.18. The molecular weight excluding hydrogens is 298 g/mol. The summed E-state index contributed by atoms with van der Waals surface area (Å²) in [6.45, 7) is 0.205. The fourth-order valence-corrected chi connectivity index (χ4v) is 1.77. The van der Waals surface area contributed by atoms with E-state index in [9.17, 15) is 4.79 Å². The van der Waals surface area contributed by atoms with Crippen LogP contribution in [0.1, 0.15) is 5.69 Å². The number of halogens is 1. The molecule has 0 spiro atoms. The third-order valence-electron chi connectivity index (χ3n) is 2.41. The molecule has 6 heteroatoms. The van der Waals surface area contributed by atoms with Gasteiger partial charge in [-0.15, -0.1) is 0 Å². The Morgan fingerprint density at radius 1 is 1.44 bits per heavy atom. The SMILES string of the molecule is Cn1c(N)nc(COc2cccc(Br)c2)cc1=O. The largest absolute Gasteiger partial charge is 0.487 e. The van der Waals surface area contributed by atoms with Crippen LogP contribution in [-0.4, -0.2) is 9.55 Å². The zero-order valence-electron chi connectivity index (χ0n) is 9.76. The monoisotopic (exact) mass is 309 g/mol. The molecule has 0 aliphatic carbocycles. The Balaban J connectivity index is 2.14. The van der Waals surface area contributed by atoms with Crippen LogP contribution in [-0.2, 0) is 13.7 Å². The van der Waals surface area contributed by atoms with Crippen molar-refractivity contribution in [3.05, 3.63) is 50.9 Å². The molecule has 0 aliphatic heterocycles. The molecule has 0 radical (unpaired) electrons. The minimum Gasteiger partial charge on any atom is -0.487 e. The van der Waals surface area contributed by atoms with E-state index in [0.29, 0.717) is 11.4 Å². The van der Waals surface area contributed by atoms with E-state index in [4.69, 9.17) is 10.5 Å². The van der Waals surface area contributed by atoms with Crippen LogP contribution in [0.2, 0.25) is 0 Å². The molecule has 94 valence electrons. The molecule has 2 N–H and O–H groups in total. The van der Waals surface area contributed by atoms with Crippen molar-refractivity contribution in [3.8, 4) is 5.75 Å². The molecule has 0 saturated carbocycles. The fraction of sp³-hybridized carbons (Fsp3) is 0.167. The molecule has 0 bridgehead atoms. The smallest absolute Gasteiger partial charge is 0.254 e. The average Bonchev–Trinajstić information content (AvgIpc) is 2.33. The van der Waals surface area contributed by atoms with E-state index in [0.717, 1.165) is 4.47 Å². The zero-order chi connectivity index (χ0) is 13.1. The van der Waals surface area contributed by atoms with E-state index in [1.807, 2.05) is 24.3 Å². The summed E-state index contributed by atoms with van der Waals surface area (Å²) in [6.07, 6.45) is 0. The molecule has 0 atom stereocenters. The lowest BCUT2D eigenvalue weighted by molar-refractivity contribution is 0.300. The normalized spacial score (nSPS) is 10.3. The average molecular weight is 310 g/mol. The first kappa shape index (κ1) is 12.6. The van der Waals surface area contributed by atoms with Crippen molar-refractivity contribution in [1.82, 2.24) is 9.55 Å². The molecule has 0 unspecified atom stereocenters. The van der Waals surface area contributed by atoms with Crippen molar-refractivity contribution >= 4 is 21.9 Å². The van der Waals surface area contributed by atoms with Gasteiger partial charge in [0, 0.05) is 17.6 Å². The van der Waals surface area contributed by atoms with Crippen LogP contribution in [0.15, 0.2) is 39.6 Å². The summed E-state index contributed by atoms with van der Waals surface area (Å²) in [5.74, 6) is 0.876. The van der Waals surface area contributed by atoms with Crippen molar-refractivity contribution in [2.24, 2.45) is 7.05 Å². The van der Waals surface area contributed by atoms with Gasteiger partial charge in [-0.25, -0.2) is 4.98 Å². The van der Waals surface area contributed by atoms with E-state index in [-0.39, 0.29) is 18.1 Å². The predicted molar refractivity (Wildman–Crippen MR) is 72.4 cm³/mol. The highest BCUT2D eigenvalue weighted by Gasteiger charge is 2.03. The maximum atomic E-state index is 11.5. The summed E-state index contributed by atoms with van der Waals surface area (Å²) in [5, 5.41) is 0. The molecule has 2 aromatic rings. The van der Waals surface area contributed by atoms with Gasteiger partial charge in [-0.05, 0) is 18.2 Å². The van der Waals surface area contributed by atoms with E-state index in [2.05, 4.69) is 20.9 Å². The summed E-state index contributed by atoms with van der Waals surface area (Å²) in [4.78, 5) is 15.6. The molecule has 1 aromatic heterocycles. The number of hydrogen-bond acceptors (Lipinski definition) is 4. The van der Waals surface area contributed by atoms with Crippen molar-refractivity contribution in [3.63, 3.8) is 0 Å². The highest BCUT2D eigenvalue weighted by molar-refractivity contribution is 9.10. The lowest BCUT2D eigenvalue weighted by Gasteiger charge is -2.08. The van der Waals surface area contributed by atoms with E-state index in [1.54, 1.807) is 7.05 Å². The summed E-state index contributed by atoms with van der Waals surface area (Å²) >= 11 is 3.35. The minimum atomic E-state index is -0.199. The van der Waals surface area contributed by atoms with Gasteiger partial charge < -0.3 is 10.5 Å². The number of ether oxygens (including phenoxy) is 1. The summed E-state index contributed by atoms with van der Waals surface area (Å²) in [7, 11) is 1.57. The second-order valence-corrected chi connectivity index (χ2v) is 4.66. The standard InChI is InChI=1S/C12H12BrN3O2/c1-16-11(17)6-9(15-12(16)14)7-18-10-4-2-3-8(13)5-10/h2-6H,7H2,1H3,(H2,14,15). The van der Waals surface area contributed by atoms with Crippen LogP contribution >= 0.6 is 15.9 Å². The maximum absolute atomic E-state index is 11.5. The lowest BCUT2D eigenvalue weighted by Crippen LogP contribution is -2.22. The first-order valence-corrected chi connectivity index (χ1v) is 6.06. The van der Waals surface area contributed by atoms with Gasteiger partial charge in [0.05, 0.1) is 5.69 Å². The van der Waals surface area contributed by atoms with E-state index >= 15 is 0 Å². The number of hydrogen-bond donors (Lipinski definition) is 1. The first-order valence-electron chi connectivity index (χ1n) is 5.27. The van der Waals surface area contributed by atoms with Gasteiger partial charge in [0.1, 0.15) is 12.4 Å². The molecule has 0 aliphatic rings. The number of benzene rings is 1. The lowest BCUT2D eigenvalue weighted by atomic mass is 10.3. The Bertz CT molecular complexity index is 625. The second kappa shape index (κ2) is 5.22. The van der Waals surface area contributed by atoms with Gasteiger partial charge >= 0.3 is 0 Å². The number of anilines is 1. The van der Waals surface area contributed by atoms with Crippen LogP contribution in [0.5, 0.6) is 5.75 Å². The number of aromatic nitrogens is 2. The zero-order valence-corrected chi connectivity index (χ0v) is 11.3. The third kappa shape index (κ3) is 2.89. The van der Waals surface area contributed by atoms with Gasteiger partial charge in [-0.1, -0.05) is 22.0 Å². The molecule has 1 heterocycles. The summed E-state index contributed by atoms with van der Waals surface area (Å²) < 4.78 is 7.73. The second-order valence-electron chi connectivity index (χ2n) is 3.75. The highest BCUT2D eigenvalue weighted by atomic mass is 79.9. The Morgan fingerprint density at radius 3 is 2.89 bits per heavy atom. The third-order valence-corrected chi connectivity index (χ3v) is 2.90. The first-order chi connectivity index (χ1) is 8.56. The number of nitrogens with zero attached hydrogens (tertiary/aromatic N) is 2. The molecule has 0 amide bonds. The Labute approximate surface area is 112 Å². The van der Waals surface area contributed by atoms with Crippen LogP contribution in [0.4, 0.5) is 5.95 Å². The van der Waals surface area contributed by atoms with Gasteiger partial charge in [0.15, 0.2) is 0 Å². The van der Waals surface area contributed by atoms with Gasteiger partial charge in [-0.3, -0.25) is 9.36 Å². The van der Waals surface area contributed by atoms with E-state index < -0.39 is 0 Å². The molecule has 0 fully saturated rings. The molecule has 1 aromatic carbocycles. The van der Waals surface area contributed by atoms with Crippen molar-refractivity contribution in [2.45, 2.75) is 6.61 Å². The Kier molecular flexibility index (Phi) is 3.66. The van der Waals surface area contributed by atoms with Crippen LogP contribution in [0.3, 0.4) is 0 Å². The van der Waals surface area contributed by atoms with Gasteiger partial charge in [0.2, 0.25) is 5.95 Å². The van der Waals surface area contributed by atoms with Crippen LogP contribution < -0.4 is 16.0 Å². The molecule has 5 nitrogen and oxygen atoms in total. The minimum absolute atomic E-state index is 0.176. The Hall–Kier alpha value is -1.82. The van der Waals surface area contributed by atoms with E-state index in [1.165, 1.54) is 10.6 Å². The number of nitrogen functional groups attached to an aromatic ring is 1. The van der Waals surface area contributed by atoms with Gasteiger partial charge in [0.25, 0.3) is 5.56 Å². The summed E-state index contributed by atoms with van der Waals surface area (Å²) in [6, 6.07) is 8.85. The van der Waals surface area contributed by atoms with Crippen molar-refractivity contribution in [1.29, 1.82) is 0 Å².